The minimum Gasteiger partial charge on any atom is -0.480 e. The zero-order valence-electron chi connectivity index (χ0n) is 12.6. The molecule has 4 rings (SSSR count). The monoisotopic (exact) mass is 332 g/mol. The number of benzene rings is 1. The van der Waals surface area contributed by atoms with Crippen LogP contribution in [-0.2, 0) is 30.6 Å². The van der Waals surface area contributed by atoms with Crippen molar-refractivity contribution in [2.24, 2.45) is 0 Å². The van der Waals surface area contributed by atoms with Crippen LogP contribution < -0.4 is 10.1 Å². The number of rotatable bonds is 4. The third kappa shape index (κ3) is 2.79. The second-order valence-electron chi connectivity index (χ2n) is 5.89. The van der Waals surface area contributed by atoms with Crippen LogP contribution in [0.25, 0.3) is 0 Å². The summed E-state index contributed by atoms with van der Waals surface area (Å²) in [6.45, 7) is 1.52. The smallest absolute Gasteiger partial charge is 0.261 e. The molecule has 1 N–H and O–H groups in total. The van der Waals surface area contributed by atoms with Crippen LogP contribution in [0.2, 0.25) is 5.02 Å². The van der Waals surface area contributed by atoms with Crippen molar-refractivity contribution in [2.75, 3.05) is 6.54 Å². The first-order valence-electron chi connectivity index (χ1n) is 7.84. The van der Waals surface area contributed by atoms with E-state index in [0.29, 0.717) is 24.4 Å². The Balaban J connectivity index is 1.31. The summed E-state index contributed by atoms with van der Waals surface area (Å²) >= 11 is 5.97. The van der Waals surface area contributed by atoms with Gasteiger partial charge in [-0.05, 0) is 30.2 Å². The molecule has 0 unspecified atom stereocenters. The molecule has 0 saturated carbocycles. The molecule has 0 fully saturated rings. The van der Waals surface area contributed by atoms with Gasteiger partial charge in [0.2, 0.25) is 0 Å². The maximum Gasteiger partial charge on any atom is 0.261 e. The maximum absolute atomic E-state index is 12.2. The van der Waals surface area contributed by atoms with Crippen LogP contribution in [0.5, 0.6) is 5.75 Å². The van der Waals surface area contributed by atoms with Crippen LogP contribution in [0.15, 0.2) is 18.2 Å². The van der Waals surface area contributed by atoms with Gasteiger partial charge in [-0.2, -0.15) is 0 Å². The summed E-state index contributed by atoms with van der Waals surface area (Å²) in [4.78, 5) is 12.2. The molecule has 1 aromatic carbocycles. The molecule has 0 radical (unpaired) electrons. The fraction of sp³-hybridized carbons (Fsp3) is 0.438. The minimum absolute atomic E-state index is 0.0986. The topological polar surface area (TPSA) is 69.0 Å². The summed E-state index contributed by atoms with van der Waals surface area (Å²) in [5, 5.41) is 11.9. The molecule has 3 heterocycles. The number of halogens is 1. The third-order valence-electron chi connectivity index (χ3n) is 4.32. The van der Waals surface area contributed by atoms with E-state index < -0.39 is 6.10 Å². The van der Waals surface area contributed by atoms with Crippen molar-refractivity contribution in [1.29, 1.82) is 0 Å². The number of carbonyl (C=O) groups is 1. The van der Waals surface area contributed by atoms with Crippen LogP contribution in [-0.4, -0.2) is 33.3 Å². The largest absolute Gasteiger partial charge is 0.480 e. The van der Waals surface area contributed by atoms with Crippen molar-refractivity contribution in [3.8, 4) is 5.75 Å². The first-order valence-corrected chi connectivity index (χ1v) is 8.22. The number of nitrogens with zero attached hydrogens (tertiary/aromatic N) is 3. The lowest BCUT2D eigenvalue weighted by atomic mass is 10.1. The molecule has 0 spiro atoms. The van der Waals surface area contributed by atoms with E-state index in [4.69, 9.17) is 16.3 Å². The summed E-state index contributed by atoms with van der Waals surface area (Å²) in [7, 11) is 0. The Labute approximate surface area is 138 Å². The fourth-order valence-electron chi connectivity index (χ4n) is 3.17. The molecule has 1 atom stereocenters. The number of hydrogen-bond donors (Lipinski definition) is 1. The van der Waals surface area contributed by atoms with Gasteiger partial charge in [-0.3, -0.25) is 4.79 Å². The molecule has 6 nitrogen and oxygen atoms in total. The van der Waals surface area contributed by atoms with Crippen LogP contribution >= 0.6 is 11.6 Å². The predicted octanol–water partition coefficient (Wildman–Crippen LogP) is 1.54. The lowest BCUT2D eigenvalue weighted by Crippen LogP contribution is -2.38. The van der Waals surface area contributed by atoms with Crippen molar-refractivity contribution in [3.63, 3.8) is 0 Å². The zero-order chi connectivity index (χ0) is 15.8. The molecular weight excluding hydrogens is 316 g/mol. The number of nitrogens with one attached hydrogen (secondary N) is 1. The third-order valence-corrected chi connectivity index (χ3v) is 4.56. The Morgan fingerprint density at radius 2 is 2.35 bits per heavy atom. The number of hydrogen-bond acceptors (Lipinski definition) is 4. The van der Waals surface area contributed by atoms with Gasteiger partial charge in [-0.25, -0.2) is 0 Å². The molecule has 0 saturated heterocycles. The van der Waals surface area contributed by atoms with Gasteiger partial charge in [0.25, 0.3) is 5.91 Å². The lowest BCUT2D eigenvalue weighted by Gasteiger charge is -2.11. The molecule has 120 valence electrons. The van der Waals surface area contributed by atoms with Crippen LogP contribution in [0.4, 0.5) is 0 Å². The van der Waals surface area contributed by atoms with Crippen molar-refractivity contribution in [2.45, 2.75) is 38.3 Å². The maximum atomic E-state index is 12.2. The Hall–Kier alpha value is -2.08. The molecule has 2 aromatic rings. The highest BCUT2D eigenvalue weighted by Crippen LogP contribution is 2.31. The number of fused-ring (bicyclic) bond motifs is 2. The summed E-state index contributed by atoms with van der Waals surface area (Å²) in [6.07, 6.45) is 2.89. The average Bonchev–Trinajstić information content (AvgIpc) is 3.22. The molecule has 7 heteroatoms. The number of aromatic nitrogens is 3. The van der Waals surface area contributed by atoms with E-state index in [1.165, 1.54) is 0 Å². The highest BCUT2D eigenvalue weighted by Gasteiger charge is 2.29. The Morgan fingerprint density at radius 1 is 1.43 bits per heavy atom. The van der Waals surface area contributed by atoms with Crippen molar-refractivity contribution >= 4 is 17.5 Å². The summed E-state index contributed by atoms with van der Waals surface area (Å²) in [5.74, 6) is 2.64. The first-order chi connectivity index (χ1) is 11.2. The van der Waals surface area contributed by atoms with Gasteiger partial charge < -0.3 is 14.6 Å². The molecule has 1 amide bonds. The second kappa shape index (κ2) is 5.85. The Bertz CT molecular complexity index is 759. The van der Waals surface area contributed by atoms with E-state index in [2.05, 4.69) is 20.1 Å². The van der Waals surface area contributed by atoms with Gasteiger partial charge in [0.15, 0.2) is 6.10 Å². The van der Waals surface area contributed by atoms with Crippen molar-refractivity contribution < 1.29 is 9.53 Å². The van der Waals surface area contributed by atoms with Gasteiger partial charge in [-0.15, -0.1) is 10.2 Å². The average molecular weight is 333 g/mol. The van der Waals surface area contributed by atoms with E-state index in [0.717, 1.165) is 42.3 Å². The van der Waals surface area contributed by atoms with E-state index in [9.17, 15) is 4.79 Å². The minimum atomic E-state index is -0.479. The second-order valence-corrected chi connectivity index (χ2v) is 6.33. The predicted molar refractivity (Wildman–Crippen MR) is 84.6 cm³/mol. The number of aryl methyl sites for hydroxylation is 1. The van der Waals surface area contributed by atoms with Gasteiger partial charge in [-0.1, -0.05) is 11.6 Å². The number of ether oxygens (including phenoxy) is 1. The van der Waals surface area contributed by atoms with Crippen molar-refractivity contribution in [1.82, 2.24) is 20.1 Å². The van der Waals surface area contributed by atoms with E-state index >= 15 is 0 Å². The highest BCUT2D eigenvalue weighted by atomic mass is 35.5. The van der Waals surface area contributed by atoms with E-state index in [-0.39, 0.29) is 5.91 Å². The molecule has 1 aromatic heterocycles. The Morgan fingerprint density at radius 3 is 3.26 bits per heavy atom. The van der Waals surface area contributed by atoms with Gasteiger partial charge in [0, 0.05) is 37.4 Å². The zero-order valence-corrected chi connectivity index (χ0v) is 13.3. The van der Waals surface area contributed by atoms with E-state index in [1.54, 1.807) is 6.07 Å². The Kier molecular flexibility index (Phi) is 3.69. The van der Waals surface area contributed by atoms with Crippen molar-refractivity contribution in [3.05, 3.63) is 40.4 Å². The molecule has 2 aliphatic heterocycles. The van der Waals surface area contributed by atoms with Gasteiger partial charge in [0.1, 0.15) is 17.4 Å². The SMILES string of the molecule is O=C(NCCc1nnc2n1CCC2)[C@H]1Cc2cc(Cl)ccc2O1. The molecule has 0 aliphatic carbocycles. The quantitative estimate of drug-likeness (QED) is 0.922. The van der Waals surface area contributed by atoms with Crippen LogP contribution in [0.1, 0.15) is 23.6 Å². The lowest BCUT2D eigenvalue weighted by molar-refractivity contribution is -0.127. The molecular formula is C16H17ClN4O2. The summed E-state index contributed by atoms with van der Waals surface area (Å²) < 4.78 is 7.83. The normalized spacial score (nSPS) is 18.4. The summed E-state index contributed by atoms with van der Waals surface area (Å²) in [5.41, 5.74) is 0.980. The molecule has 23 heavy (non-hydrogen) atoms. The summed E-state index contributed by atoms with van der Waals surface area (Å²) in [6, 6.07) is 5.43. The number of carbonyl (C=O) groups excluding carboxylic acids is 1. The number of amides is 1. The standard InChI is InChI=1S/C16H17ClN4O2/c17-11-3-4-12-10(8-11)9-13(23-12)16(22)18-6-5-15-20-19-14-2-1-7-21(14)15/h3-4,8,13H,1-2,5-7,9H2,(H,18,22)/t13-/m1/s1. The molecule has 2 aliphatic rings. The van der Waals surface area contributed by atoms with Gasteiger partial charge >= 0.3 is 0 Å². The fourth-order valence-corrected chi connectivity index (χ4v) is 3.37. The highest BCUT2D eigenvalue weighted by molar-refractivity contribution is 6.30. The van der Waals surface area contributed by atoms with Crippen LogP contribution in [0.3, 0.4) is 0 Å². The van der Waals surface area contributed by atoms with E-state index in [1.807, 2.05) is 12.1 Å². The first kappa shape index (κ1) is 14.5. The molecule has 0 bridgehead atoms. The van der Waals surface area contributed by atoms with Gasteiger partial charge in [0.05, 0.1) is 0 Å². The van der Waals surface area contributed by atoms with Crippen LogP contribution in [0, 0.1) is 0 Å².